The number of anilines is 2. The Bertz CT molecular complexity index is 1330. The van der Waals surface area contributed by atoms with Gasteiger partial charge in [0.15, 0.2) is 0 Å². The lowest BCUT2D eigenvalue weighted by molar-refractivity contribution is 0.0858. The van der Waals surface area contributed by atoms with Crippen molar-refractivity contribution in [1.82, 2.24) is 5.32 Å². The van der Waals surface area contributed by atoms with Crippen LogP contribution < -0.4 is 15.4 Å². The topological polar surface area (TPSA) is 114 Å². The van der Waals surface area contributed by atoms with Crippen LogP contribution in [0, 0.1) is 0 Å². The van der Waals surface area contributed by atoms with Gasteiger partial charge >= 0.3 is 0 Å². The first-order chi connectivity index (χ1) is 16.8. The van der Waals surface area contributed by atoms with Crippen LogP contribution in [0.1, 0.15) is 33.6 Å². The highest BCUT2D eigenvalue weighted by Crippen LogP contribution is 2.26. The van der Waals surface area contributed by atoms with Gasteiger partial charge in [-0.1, -0.05) is 41.9 Å². The van der Waals surface area contributed by atoms with E-state index in [-0.39, 0.29) is 33.1 Å². The van der Waals surface area contributed by atoms with E-state index in [0.717, 1.165) is 12.8 Å². The van der Waals surface area contributed by atoms with Crippen LogP contribution in [0.25, 0.3) is 0 Å². The lowest BCUT2D eigenvalue weighted by Gasteiger charge is -2.14. The summed E-state index contributed by atoms with van der Waals surface area (Å²) in [4.78, 5) is 25.5. The Labute approximate surface area is 208 Å². The number of carbonyl (C=O) groups is 2. The van der Waals surface area contributed by atoms with Gasteiger partial charge in [0.25, 0.3) is 21.8 Å². The molecule has 0 saturated carbocycles. The molecule has 0 unspecified atom stereocenters. The molecule has 1 aliphatic heterocycles. The summed E-state index contributed by atoms with van der Waals surface area (Å²) >= 11 is 6.15. The second-order valence-corrected chi connectivity index (χ2v) is 10.0. The van der Waals surface area contributed by atoms with Gasteiger partial charge in [0.2, 0.25) is 0 Å². The molecule has 0 spiro atoms. The van der Waals surface area contributed by atoms with E-state index in [9.17, 15) is 18.0 Å². The third kappa shape index (κ3) is 6.19. The van der Waals surface area contributed by atoms with Crippen LogP contribution in [0.4, 0.5) is 11.4 Å². The molecular weight excluding hydrogens is 490 g/mol. The number of halogens is 1. The number of ether oxygens (including phenoxy) is 1. The minimum absolute atomic E-state index is 0.0142. The average molecular weight is 514 g/mol. The molecule has 182 valence electrons. The molecular formula is C25H24ClN3O5S. The molecule has 1 heterocycles. The molecule has 1 atom stereocenters. The Hall–Kier alpha value is -3.40. The zero-order chi connectivity index (χ0) is 24.8. The lowest BCUT2D eigenvalue weighted by Crippen LogP contribution is -2.32. The summed E-state index contributed by atoms with van der Waals surface area (Å²) in [6.07, 6.45) is 1.84. The largest absolute Gasteiger partial charge is 0.376 e. The van der Waals surface area contributed by atoms with Gasteiger partial charge < -0.3 is 15.4 Å². The van der Waals surface area contributed by atoms with Crippen molar-refractivity contribution in [2.24, 2.45) is 0 Å². The highest BCUT2D eigenvalue weighted by atomic mass is 35.5. The minimum Gasteiger partial charge on any atom is -0.376 e. The van der Waals surface area contributed by atoms with Crippen LogP contribution in [-0.4, -0.2) is 39.5 Å². The van der Waals surface area contributed by atoms with E-state index < -0.39 is 15.9 Å². The number of nitrogens with one attached hydrogen (secondary N) is 3. The Morgan fingerprint density at radius 3 is 2.46 bits per heavy atom. The van der Waals surface area contributed by atoms with Gasteiger partial charge in [-0.25, -0.2) is 8.42 Å². The van der Waals surface area contributed by atoms with Crippen LogP contribution in [0.15, 0.2) is 77.7 Å². The molecule has 1 fully saturated rings. The summed E-state index contributed by atoms with van der Waals surface area (Å²) in [5, 5.41) is 5.50. The van der Waals surface area contributed by atoms with Crippen molar-refractivity contribution in [2.45, 2.75) is 23.8 Å². The minimum atomic E-state index is -4.05. The Kier molecular flexibility index (Phi) is 7.70. The fourth-order valence-electron chi connectivity index (χ4n) is 3.66. The maximum Gasteiger partial charge on any atom is 0.263 e. The number of hydrogen-bond acceptors (Lipinski definition) is 5. The molecule has 0 bridgehead atoms. The summed E-state index contributed by atoms with van der Waals surface area (Å²) in [5.41, 5.74) is 1.01. The van der Waals surface area contributed by atoms with E-state index in [1.54, 1.807) is 54.6 Å². The number of hydrogen-bond donors (Lipinski definition) is 3. The molecule has 4 rings (SSSR count). The summed E-state index contributed by atoms with van der Waals surface area (Å²) in [6, 6.07) is 18.9. The van der Waals surface area contributed by atoms with E-state index >= 15 is 0 Å². The summed E-state index contributed by atoms with van der Waals surface area (Å²) in [5.74, 6) is -0.931. The monoisotopic (exact) mass is 513 g/mol. The van der Waals surface area contributed by atoms with Crippen molar-refractivity contribution in [3.8, 4) is 0 Å². The van der Waals surface area contributed by atoms with Gasteiger partial charge in [-0.05, 0) is 55.3 Å². The second-order valence-electron chi connectivity index (χ2n) is 7.96. The maximum absolute atomic E-state index is 13.0. The normalized spacial score (nSPS) is 15.4. The summed E-state index contributed by atoms with van der Waals surface area (Å²) in [6.45, 7) is 1.07. The Morgan fingerprint density at radius 1 is 0.971 bits per heavy atom. The van der Waals surface area contributed by atoms with E-state index in [4.69, 9.17) is 16.3 Å². The van der Waals surface area contributed by atoms with Gasteiger partial charge in [-0.15, -0.1) is 0 Å². The number of para-hydroxylation sites is 2. The number of carbonyl (C=O) groups excluding carboxylic acids is 2. The first-order valence-electron chi connectivity index (χ1n) is 11.0. The van der Waals surface area contributed by atoms with E-state index in [1.165, 1.54) is 18.2 Å². The maximum atomic E-state index is 13.0. The number of rotatable bonds is 8. The molecule has 8 nitrogen and oxygen atoms in total. The summed E-state index contributed by atoms with van der Waals surface area (Å²) < 4.78 is 33.8. The van der Waals surface area contributed by atoms with Gasteiger partial charge in [-0.2, -0.15) is 0 Å². The molecule has 1 aliphatic rings. The molecule has 3 N–H and O–H groups in total. The van der Waals surface area contributed by atoms with Gasteiger partial charge in [0.05, 0.1) is 22.4 Å². The third-order valence-electron chi connectivity index (χ3n) is 5.44. The standard InChI is InChI=1S/C25H24ClN3O5S/c26-21-13-12-17(15-23(21)35(32,33)29-18-7-2-1-3-8-18)24(30)28-22-11-5-4-10-20(22)25(31)27-16-19-9-6-14-34-19/h1-5,7-8,10-13,15,19,29H,6,9,14,16H2,(H,27,31)(H,28,30)/t19-/m1/s1. The summed E-state index contributed by atoms with van der Waals surface area (Å²) in [7, 11) is -4.05. The van der Waals surface area contributed by atoms with Crippen LogP contribution in [0.2, 0.25) is 5.02 Å². The molecule has 0 radical (unpaired) electrons. The molecule has 3 aromatic carbocycles. The van der Waals surface area contributed by atoms with Crippen LogP contribution in [0.3, 0.4) is 0 Å². The first kappa shape index (κ1) is 24.7. The van der Waals surface area contributed by atoms with Crippen LogP contribution >= 0.6 is 11.6 Å². The van der Waals surface area contributed by atoms with Gasteiger partial charge in [0.1, 0.15) is 4.90 Å². The predicted molar refractivity (Wildman–Crippen MR) is 134 cm³/mol. The highest BCUT2D eigenvalue weighted by Gasteiger charge is 2.22. The SMILES string of the molecule is O=C(Nc1ccccc1C(=O)NC[C@H]1CCCO1)c1ccc(Cl)c(S(=O)(=O)Nc2ccccc2)c1. The molecule has 2 amide bonds. The first-order valence-corrected chi connectivity index (χ1v) is 12.9. The Morgan fingerprint density at radius 2 is 1.71 bits per heavy atom. The number of sulfonamides is 1. The van der Waals surface area contributed by atoms with Gasteiger partial charge in [-0.3, -0.25) is 14.3 Å². The lowest BCUT2D eigenvalue weighted by atomic mass is 10.1. The van der Waals surface area contributed by atoms with E-state index in [2.05, 4.69) is 15.4 Å². The average Bonchev–Trinajstić information content (AvgIpc) is 3.37. The Balaban J connectivity index is 1.51. The molecule has 0 aliphatic carbocycles. The molecule has 0 aromatic heterocycles. The quantitative estimate of drug-likeness (QED) is 0.415. The number of benzene rings is 3. The highest BCUT2D eigenvalue weighted by molar-refractivity contribution is 7.92. The van der Waals surface area contributed by atoms with Crippen molar-refractivity contribution in [3.05, 3.63) is 88.9 Å². The fraction of sp³-hybridized carbons (Fsp3) is 0.200. The van der Waals surface area contributed by atoms with Gasteiger partial charge in [0, 0.05) is 24.4 Å². The van der Waals surface area contributed by atoms with E-state index in [0.29, 0.717) is 24.5 Å². The fourth-order valence-corrected chi connectivity index (χ4v) is 5.24. The van der Waals surface area contributed by atoms with Crippen molar-refractivity contribution >= 4 is 44.8 Å². The molecule has 1 saturated heterocycles. The van der Waals surface area contributed by atoms with E-state index in [1.807, 2.05) is 0 Å². The zero-order valence-corrected chi connectivity index (χ0v) is 20.2. The second kappa shape index (κ2) is 10.9. The molecule has 10 heteroatoms. The van der Waals surface area contributed by atoms with Crippen molar-refractivity contribution in [3.63, 3.8) is 0 Å². The van der Waals surface area contributed by atoms with Crippen LogP contribution in [-0.2, 0) is 14.8 Å². The molecule has 3 aromatic rings. The van der Waals surface area contributed by atoms with Crippen LogP contribution in [0.5, 0.6) is 0 Å². The zero-order valence-electron chi connectivity index (χ0n) is 18.7. The van der Waals surface area contributed by atoms with Crippen molar-refractivity contribution in [2.75, 3.05) is 23.2 Å². The van der Waals surface area contributed by atoms with Crippen molar-refractivity contribution in [1.29, 1.82) is 0 Å². The smallest absolute Gasteiger partial charge is 0.263 e. The van der Waals surface area contributed by atoms with Crippen molar-refractivity contribution < 1.29 is 22.7 Å². The predicted octanol–water partition coefficient (Wildman–Crippen LogP) is 4.30. The molecule has 35 heavy (non-hydrogen) atoms. The number of amides is 2. The third-order valence-corrected chi connectivity index (χ3v) is 7.31.